The number of hydrogen-bond donors (Lipinski definition) is 2. The van der Waals surface area contributed by atoms with Crippen LogP contribution in [0.1, 0.15) is 21.9 Å². The lowest BCUT2D eigenvalue weighted by Crippen LogP contribution is -2.43. The third kappa shape index (κ3) is 3.91. The lowest BCUT2D eigenvalue weighted by Gasteiger charge is -2.18. The first-order chi connectivity index (χ1) is 9.80. The number of carbonyl (C=O) groups excluding carboxylic acids is 2. The maximum absolute atomic E-state index is 12.3. The number of alkyl halides is 3. The summed E-state index contributed by atoms with van der Waals surface area (Å²) in [4.78, 5) is 28.3. The average Bonchev–Trinajstić information content (AvgIpc) is 2.99. The van der Waals surface area contributed by atoms with Crippen LogP contribution in [-0.2, 0) is 11.3 Å². The fourth-order valence-corrected chi connectivity index (χ4v) is 2.64. The quantitative estimate of drug-likeness (QED) is 0.845. The van der Waals surface area contributed by atoms with Gasteiger partial charge in [0.15, 0.2) is 0 Å². The SMILES string of the molecule is NCc1nc(C(=O)NC2CCN(CC(F)(F)F)C2=O)cs1. The van der Waals surface area contributed by atoms with Gasteiger partial charge in [0.05, 0.1) is 0 Å². The van der Waals surface area contributed by atoms with Crippen molar-refractivity contribution >= 4 is 23.2 Å². The molecule has 2 rings (SSSR count). The molecular formula is C11H13F3N4O2S. The summed E-state index contributed by atoms with van der Waals surface area (Å²) in [6.07, 6.45) is -4.30. The van der Waals surface area contributed by atoms with E-state index in [-0.39, 0.29) is 25.2 Å². The monoisotopic (exact) mass is 322 g/mol. The van der Waals surface area contributed by atoms with Crippen molar-refractivity contribution in [2.45, 2.75) is 25.2 Å². The summed E-state index contributed by atoms with van der Waals surface area (Å²) in [6, 6.07) is -0.942. The largest absolute Gasteiger partial charge is 0.406 e. The first kappa shape index (κ1) is 15.7. The number of nitrogens with two attached hydrogens (primary N) is 1. The Morgan fingerprint density at radius 2 is 2.29 bits per heavy atom. The Kier molecular flexibility index (Phi) is 4.47. The molecule has 0 bridgehead atoms. The number of halogens is 3. The molecule has 1 aromatic rings. The second-order valence-electron chi connectivity index (χ2n) is 4.52. The zero-order chi connectivity index (χ0) is 15.6. The van der Waals surface area contributed by atoms with Gasteiger partial charge in [0.2, 0.25) is 5.91 Å². The Hall–Kier alpha value is -1.68. The van der Waals surface area contributed by atoms with Crippen molar-refractivity contribution in [3.8, 4) is 0 Å². The molecule has 0 spiro atoms. The molecule has 10 heteroatoms. The molecule has 1 aromatic heterocycles. The Balaban J connectivity index is 1.95. The smallest absolute Gasteiger partial charge is 0.339 e. The van der Waals surface area contributed by atoms with Crippen LogP contribution in [0.3, 0.4) is 0 Å². The molecule has 1 aliphatic rings. The van der Waals surface area contributed by atoms with Crippen molar-refractivity contribution in [1.29, 1.82) is 0 Å². The molecule has 0 saturated carbocycles. The molecule has 1 atom stereocenters. The van der Waals surface area contributed by atoms with Crippen molar-refractivity contribution < 1.29 is 22.8 Å². The topological polar surface area (TPSA) is 88.3 Å². The Morgan fingerprint density at radius 1 is 1.57 bits per heavy atom. The second kappa shape index (κ2) is 5.98. The van der Waals surface area contributed by atoms with Crippen LogP contribution in [0.25, 0.3) is 0 Å². The summed E-state index contributed by atoms with van der Waals surface area (Å²) in [7, 11) is 0. The van der Waals surface area contributed by atoms with Crippen molar-refractivity contribution in [1.82, 2.24) is 15.2 Å². The van der Waals surface area contributed by atoms with E-state index < -0.39 is 30.6 Å². The maximum Gasteiger partial charge on any atom is 0.406 e. The molecule has 2 heterocycles. The van der Waals surface area contributed by atoms with Crippen LogP contribution in [0.2, 0.25) is 0 Å². The maximum atomic E-state index is 12.3. The number of likely N-dealkylation sites (tertiary alicyclic amines) is 1. The molecule has 6 nitrogen and oxygen atoms in total. The zero-order valence-electron chi connectivity index (χ0n) is 10.8. The normalized spacial score (nSPS) is 19.1. The molecule has 1 fully saturated rings. The van der Waals surface area contributed by atoms with E-state index in [0.29, 0.717) is 9.91 Å². The van der Waals surface area contributed by atoms with Crippen molar-refractivity contribution in [3.63, 3.8) is 0 Å². The van der Waals surface area contributed by atoms with Gasteiger partial charge in [0.25, 0.3) is 5.91 Å². The van der Waals surface area contributed by atoms with Gasteiger partial charge in [-0.2, -0.15) is 13.2 Å². The molecule has 1 unspecified atom stereocenters. The molecule has 0 radical (unpaired) electrons. The second-order valence-corrected chi connectivity index (χ2v) is 5.46. The molecule has 0 aromatic carbocycles. The highest BCUT2D eigenvalue weighted by Gasteiger charge is 2.39. The first-order valence-corrected chi connectivity index (χ1v) is 6.99. The third-order valence-electron chi connectivity index (χ3n) is 2.93. The van der Waals surface area contributed by atoms with Crippen molar-refractivity contribution in [3.05, 3.63) is 16.1 Å². The molecule has 0 aliphatic carbocycles. The van der Waals surface area contributed by atoms with Crippen molar-refractivity contribution in [2.75, 3.05) is 13.1 Å². The van der Waals surface area contributed by atoms with E-state index in [0.717, 1.165) is 0 Å². The van der Waals surface area contributed by atoms with Gasteiger partial charge in [-0.3, -0.25) is 9.59 Å². The average molecular weight is 322 g/mol. The van der Waals surface area contributed by atoms with E-state index in [9.17, 15) is 22.8 Å². The Morgan fingerprint density at radius 3 is 2.86 bits per heavy atom. The lowest BCUT2D eigenvalue weighted by atomic mass is 10.2. The number of nitrogens with zero attached hydrogens (tertiary/aromatic N) is 2. The molecule has 1 saturated heterocycles. The number of nitrogens with one attached hydrogen (secondary N) is 1. The van der Waals surface area contributed by atoms with E-state index >= 15 is 0 Å². The van der Waals surface area contributed by atoms with Gasteiger partial charge >= 0.3 is 6.18 Å². The highest BCUT2D eigenvalue weighted by molar-refractivity contribution is 7.09. The zero-order valence-corrected chi connectivity index (χ0v) is 11.6. The van der Waals surface area contributed by atoms with Gasteiger partial charge in [-0.05, 0) is 6.42 Å². The minimum Gasteiger partial charge on any atom is -0.339 e. The van der Waals surface area contributed by atoms with E-state index in [1.165, 1.54) is 16.7 Å². The standard InChI is InChI=1S/C11H13F3N4O2S/c12-11(13,14)5-18-2-1-6(10(18)20)17-9(19)7-4-21-8(3-15)16-7/h4,6H,1-3,5,15H2,(H,17,19). The van der Waals surface area contributed by atoms with Crippen LogP contribution in [0.15, 0.2) is 5.38 Å². The number of carbonyl (C=O) groups is 2. The Bertz CT molecular complexity index is 546. The molecule has 3 N–H and O–H groups in total. The van der Waals surface area contributed by atoms with Crippen molar-refractivity contribution in [2.24, 2.45) is 5.73 Å². The summed E-state index contributed by atoms with van der Waals surface area (Å²) in [5.41, 5.74) is 5.49. The van der Waals surface area contributed by atoms with Gasteiger partial charge in [0.1, 0.15) is 23.3 Å². The third-order valence-corrected chi connectivity index (χ3v) is 3.80. The summed E-state index contributed by atoms with van der Waals surface area (Å²) in [6.45, 7) is -1.14. The predicted octanol–water partition coefficient (Wildman–Crippen LogP) is 0.495. The van der Waals surface area contributed by atoms with Gasteiger partial charge in [-0.1, -0.05) is 0 Å². The number of thiazole rings is 1. The minimum absolute atomic E-state index is 0.0333. The summed E-state index contributed by atoms with van der Waals surface area (Å²) < 4.78 is 36.8. The van der Waals surface area contributed by atoms with Crippen LogP contribution in [0.5, 0.6) is 0 Å². The van der Waals surface area contributed by atoms with Crippen LogP contribution >= 0.6 is 11.3 Å². The van der Waals surface area contributed by atoms with Gasteiger partial charge < -0.3 is 16.0 Å². The summed E-state index contributed by atoms with van der Waals surface area (Å²) in [5, 5.41) is 4.46. The van der Waals surface area contributed by atoms with Crippen LogP contribution in [0, 0.1) is 0 Å². The summed E-state index contributed by atoms with van der Waals surface area (Å²) in [5.74, 6) is -1.31. The number of amides is 2. The van der Waals surface area contributed by atoms with Gasteiger partial charge in [-0.25, -0.2) is 4.98 Å². The molecular weight excluding hydrogens is 309 g/mol. The fourth-order valence-electron chi connectivity index (χ4n) is 1.99. The highest BCUT2D eigenvalue weighted by Crippen LogP contribution is 2.21. The lowest BCUT2D eigenvalue weighted by molar-refractivity contribution is -0.157. The van der Waals surface area contributed by atoms with Crippen LogP contribution in [0.4, 0.5) is 13.2 Å². The van der Waals surface area contributed by atoms with Gasteiger partial charge in [0, 0.05) is 18.5 Å². The number of rotatable bonds is 4. The number of aromatic nitrogens is 1. The van der Waals surface area contributed by atoms with E-state index in [1.54, 1.807) is 0 Å². The first-order valence-electron chi connectivity index (χ1n) is 6.11. The Labute approximate surface area is 122 Å². The minimum atomic E-state index is -4.44. The number of hydrogen-bond acceptors (Lipinski definition) is 5. The molecule has 1 aliphatic heterocycles. The molecule has 21 heavy (non-hydrogen) atoms. The molecule has 2 amide bonds. The van der Waals surface area contributed by atoms with Gasteiger partial charge in [-0.15, -0.1) is 11.3 Å². The molecule has 116 valence electrons. The highest BCUT2D eigenvalue weighted by atomic mass is 32.1. The summed E-state index contributed by atoms with van der Waals surface area (Å²) >= 11 is 1.20. The van der Waals surface area contributed by atoms with E-state index in [1.807, 2.05) is 0 Å². The van der Waals surface area contributed by atoms with E-state index in [4.69, 9.17) is 5.73 Å². The van der Waals surface area contributed by atoms with Crippen LogP contribution in [-0.4, -0.2) is 47.0 Å². The predicted molar refractivity (Wildman–Crippen MR) is 68.5 cm³/mol. The van der Waals surface area contributed by atoms with E-state index in [2.05, 4.69) is 10.3 Å². The fraction of sp³-hybridized carbons (Fsp3) is 0.545. The van der Waals surface area contributed by atoms with Crippen LogP contribution < -0.4 is 11.1 Å².